The molecule has 2 rings (SSSR count). The maximum Gasteiger partial charge on any atom is 0.244 e. The Balaban J connectivity index is 1.84. The average Bonchev–Trinajstić information content (AvgIpc) is 3.43. The SMILES string of the molecule is CCOc1c(Cl)cc(C=CC(=O)NCCNC(=O)C2CC2)cc1OC. The lowest BCUT2D eigenvalue weighted by atomic mass is 10.2. The molecule has 0 spiro atoms. The lowest BCUT2D eigenvalue weighted by Gasteiger charge is -2.11. The van der Waals surface area contributed by atoms with Gasteiger partial charge in [-0.15, -0.1) is 0 Å². The van der Waals surface area contributed by atoms with Gasteiger partial charge >= 0.3 is 0 Å². The van der Waals surface area contributed by atoms with Gasteiger partial charge in [-0.1, -0.05) is 11.6 Å². The Labute approximate surface area is 152 Å². The third-order valence-electron chi connectivity index (χ3n) is 3.64. The summed E-state index contributed by atoms with van der Waals surface area (Å²) in [6.45, 7) is 3.15. The predicted octanol–water partition coefficient (Wildman–Crippen LogP) is 2.40. The predicted molar refractivity (Wildman–Crippen MR) is 97.0 cm³/mol. The number of hydrogen-bond donors (Lipinski definition) is 2. The van der Waals surface area contributed by atoms with Gasteiger partial charge in [0.15, 0.2) is 11.5 Å². The molecule has 136 valence electrons. The second-order valence-corrected chi connectivity index (χ2v) is 6.06. The molecular formula is C18H23ClN2O4. The zero-order valence-electron chi connectivity index (χ0n) is 14.4. The van der Waals surface area contributed by atoms with Crippen molar-refractivity contribution in [2.24, 2.45) is 5.92 Å². The molecular weight excluding hydrogens is 344 g/mol. The third-order valence-corrected chi connectivity index (χ3v) is 3.92. The summed E-state index contributed by atoms with van der Waals surface area (Å²) in [4.78, 5) is 23.3. The van der Waals surface area contributed by atoms with Gasteiger partial charge in [-0.3, -0.25) is 9.59 Å². The van der Waals surface area contributed by atoms with Crippen molar-refractivity contribution in [2.45, 2.75) is 19.8 Å². The van der Waals surface area contributed by atoms with Crippen molar-refractivity contribution >= 4 is 29.5 Å². The Morgan fingerprint density at radius 2 is 2.00 bits per heavy atom. The summed E-state index contributed by atoms with van der Waals surface area (Å²) in [5.41, 5.74) is 0.725. The van der Waals surface area contributed by atoms with Crippen LogP contribution in [0.4, 0.5) is 0 Å². The van der Waals surface area contributed by atoms with Crippen molar-refractivity contribution in [3.05, 3.63) is 28.8 Å². The van der Waals surface area contributed by atoms with Crippen LogP contribution in [0.25, 0.3) is 6.08 Å². The van der Waals surface area contributed by atoms with Gasteiger partial charge in [0.25, 0.3) is 0 Å². The molecule has 0 heterocycles. The van der Waals surface area contributed by atoms with Gasteiger partial charge in [0.1, 0.15) is 0 Å². The van der Waals surface area contributed by atoms with Crippen molar-refractivity contribution in [2.75, 3.05) is 26.8 Å². The molecule has 0 bridgehead atoms. The molecule has 6 nitrogen and oxygen atoms in total. The van der Waals surface area contributed by atoms with Gasteiger partial charge in [0.05, 0.1) is 18.7 Å². The Morgan fingerprint density at radius 1 is 1.28 bits per heavy atom. The summed E-state index contributed by atoms with van der Waals surface area (Å²) < 4.78 is 10.7. The normalized spacial score (nSPS) is 13.6. The number of ether oxygens (including phenoxy) is 2. The molecule has 25 heavy (non-hydrogen) atoms. The number of nitrogens with one attached hydrogen (secondary N) is 2. The van der Waals surface area contributed by atoms with Gasteiger partial charge in [0.2, 0.25) is 11.8 Å². The molecule has 1 aliphatic carbocycles. The number of halogens is 1. The molecule has 1 fully saturated rings. The molecule has 0 aromatic heterocycles. The molecule has 2 N–H and O–H groups in total. The van der Waals surface area contributed by atoms with Crippen LogP contribution in [-0.2, 0) is 9.59 Å². The van der Waals surface area contributed by atoms with Gasteiger partial charge in [0, 0.05) is 25.1 Å². The first-order chi connectivity index (χ1) is 12.0. The van der Waals surface area contributed by atoms with Gasteiger partial charge < -0.3 is 20.1 Å². The van der Waals surface area contributed by atoms with E-state index in [4.69, 9.17) is 21.1 Å². The molecule has 0 atom stereocenters. The molecule has 7 heteroatoms. The van der Waals surface area contributed by atoms with Crippen molar-refractivity contribution in [1.29, 1.82) is 0 Å². The summed E-state index contributed by atoms with van der Waals surface area (Å²) in [7, 11) is 1.53. The Hall–Kier alpha value is -2.21. The van der Waals surface area contributed by atoms with E-state index in [9.17, 15) is 9.59 Å². The van der Waals surface area contributed by atoms with E-state index in [0.717, 1.165) is 18.4 Å². The van der Waals surface area contributed by atoms with Crippen LogP contribution in [0.2, 0.25) is 5.02 Å². The lowest BCUT2D eigenvalue weighted by Crippen LogP contribution is -2.34. The topological polar surface area (TPSA) is 76.7 Å². The van der Waals surface area contributed by atoms with Crippen LogP contribution in [-0.4, -0.2) is 38.6 Å². The first-order valence-corrected chi connectivity index (χ1v) is 8.67. The van der Waals surface area contributed by atoms with Crippen LogP contribution in [0, 0.1) is 5.92 Å². The standard InChI is InChI=1S/C18H23ClN2O4/c1-3-25-17-14(19)10-12(11-15(17)24-2)4-7-16(22)20-8-9-21-18(23)13-5-6-13/h4,7,10-11,13H,3,5-6,8-9H2,1-2H3,(H,20,22)(H,21,23). The second-order valence-electron chi connectivity index (χ2n) is 5.66. The van der Waals surface area contributed by atoms with E-state index in [1.54, 1.807) is 18.2 Å². The highest BCUT2D eigenvalue weighted by atomic mass is 35.5. The quantitative estimate of drug-likeness (QED) is 0.519. The fraction of sp³-hybridized carbons (Fsp3) is 0.444. The minimum atomic E-state index is -0.246. The van der Waals surface area contributed by atoms with E-state index in [1.165, 1.54) is 13.2 Å². The van der Waals surface area contributed by atoms with E-state index in [-0.39, 0.29) is 17.7 Å². The fourth-order valence-electron chi connectivity index (χ4n) is 2.21. The van der Waals surface area contributed by atoms with Crippen LogP contribution in [0.3, 0.4) is 0 Å². The van der Waals surface area contributed by atoms with Crippen LogP contribution in [0.15, 0.2) is 18.2 Å². The smallest absolute Gasteiger partial charge is 0.244 e. The molecule has 1 aromatic carbocycles. The number of hydrogen-bond acceptors (Lipinski definition) is 4. The highest BCUT2D eigenvalue weighted by Gasteiger charge is 2.28. The van der Waals surface area contributed by atoms with Crippen molar-refractivity contribution < 1.29 is 19.1 Å². The van der Waals surface area contributed by atoms with Crippen molar-refractivity contribution in [1.82, 2.24) is 10.6 Å². The maximum atomic E-state index is 11.8. The Bertz CT molecular complexity index is 657. The van der Waals surface area contributed by atoms with Crippen LogP contribution in [0.1, 0.15) is 25.3 Å². The average molecular weight is 367 g/mol. The van der Waals surface area contributed by atoms with E-state index in [0.29, 0.717) is 36.2 Å². The molecule has 1 saturated carbocycles. The van der Waals surface area contributed by atoms with Gasteiger partial charge in [-0.2, -0.15) is 0 Å². The van der Waals surface area contributed by atoms with E-state index >= 15 is 0 Å². The Morgan fingerprint density at radius 3 is 2.64 bits per heavy atom. The number of methoxy groups -OCH3 is 1. The summed E-state index contributed by atoms with van der Waals surface area (Å²) in [6, 6.07) is 3.45. The molecule has 1 aliphatic rings. The van der Waals surface area contributed by atoms with E-state index in [1.807, 2.05) is 6.92 Å². The minimum Gasteiger partial charge on any atom is -0.493 e. The molecule has 1 aromatic rings. The monoisotopic (exact) mass is 366 g/mol. The van der Waals surface area contributed by atoms with Gasteiger partial charge in [-0.25, -0.2) is 0 Å². The van der Waals surface area contributed by atoms with Crippen molar-refractivity contribution in [3.8, 4) is 11.5 Å². The Kier molecular flexibility index (Phi) is 7.13. The zero-order chi connectivity index (χ0) is 18.2. The molecule has 0 aliphatic heterocycles. The number of benzene rings is 1. The first kappa shape index (κ1) is 19.1. The maximum absolute atomic E-state index is 11.8. The number of carbonyl (C=O) groups is 2. The van der Waals surface area contributed by atoms with Gasteiger partial charge in [-0.05, 0) is 43.5 Å². The summed E-state index contributed by atoms with van der Waals surface area (Å²) >= 11 is 6.19. The van der Waals surface area contributed by atoms with Crippen LogP contribution in [0.5, 0.6) is 11.5 Å². The molecule has 0 saturated heterocycles. The minimum absolute atomic E-state index is 0.0703. The van der Waals surface area contributed by atoms with Crippen LogP contribution >= 0.6 is 11.6 Å². The second kappa shape index (κ2) is 9.32. The fourth-order valence-corrected chi connectivity index (χ4v) is 2.49. The van der Waals surface area contributed by atoms with E-state index in [2.05, 4.69) is 10.6 Å². The zero-order valence-corrected chi connectivity index (χ0v) is 15.2. The molecule has 2 amide bonds. The first-order valence-electron chi connectivity index (χ1n) is 8.29. The highest BCUT2D eigenvalue weighted by molar-refractivity contribution is 6.32. The summed E-state index contributed by atoms with van der Waals surface area (Å²) in [5.74, 6) is 0.998. The number of rotatable bonds is 9. The number of carbonyl (C=O) groups excluding carboxylic acids is 2. The summed E-state index contributed by atoms with van der Waals surface area (Å²) in [5, 5.41) is 5.92. The largest absolute Gasteiger partial charge is 0.493 e. The van der Waals surface area contributed by atoms with Crippen molar-refractivity contribution in [3.63, 3.8) is 0 Å². The van der Waals surface area contributed by atoms with Crippen LogP contribution < -0.4 is 20.1 Å². The number of amides is 2. The lowest BCUT2D eigenvalue weighted by molar-refractivity contribution is -0.122. The summed E-state index contributed by atoms with van der Waals surface area (Å²) in [6.07, 6.45) is 4.99. The molecule has 0 radical (unpaired) electrons. The van der Waals surface area contributed by atoms with E-state index < -0.39 is 0 Å². The highest BCUT2D eigenvalue weighted by Crippen LogP contribution is 2.36. The molecule has 0 unspecified atom stereocenters. The third kappa shape index (κ3) is 5.98.